The number of methoxy groups -OCH3 is 1. The van der Waals surface area contributed by atoms with Crippen LogP contribution in [-0.4, -0.2) is 64.8 Å². The molecule has 11 heteroatoms. The number of amides is 4. The fourth-order valence-corrected chi connectivity index (χ4v) is 9.90. The van der Waals surface area contributed by atoms with E-state index in [1.54, 1.807) is 13.0 Å². The molecule has 8 rings (SSSR count). The number of benzene rings is 3. The number of phenols is 1. The van der Waals surface area contributed by atoms with E-state index in [0.717, 1.165) is 36.2 Å². The number of phenolic OH excluding ortho intramolecular Hbond substituents is 1. The second kappa shape index (κ2) is 12.6. The number of fused-ring (bicyclic) bond motifs is 4. The third-order valence-corrected chi connectivity index (χ3v) is 12.5. The molecule has 3 aliphatic heterocycles. The summed E-state index contributed by atoms with van der Waals surface area (Å²) in [5.74, 6) is -4.96. The average Bonchev–Trinajstić information content (AvgIpc) is 3.50. The second-order valence-electron chi connectivity index (χ2n) is 14.7. The van der Waals surface area contributed by atoms with Crippen molar-refractivity contribution in [3.63, 3.8) is 0 Å². The van der Waals surface area contributed by atoms with Gasteiger partial charge in [-0.25, -0.2) is 9.29 Å². The maximum absolute atomic E-state index is 14.7. The van der Waals surface area contributed by atoms with Gasteiger partial charge in [-0.2, -0.15) is 0 Å². The largest absolute Gasteiger partial charge is 0.508 e. The summed E-state index contributed by atoms with van der Waals surface area (Å²) in [6.45, 7) is 4.11. The lowest BCUT2D eigenvalue weighted by molar-refractivity contribution is -0.144. The topological polar surface area (TPSA) is 107 Å². The molecule has 0 radical (unpaired) electrons. The number of carbonyl (C=O) groups excluding carboxylic acids is 4. The van der Waals surface area contributed by atoms with Crippen LogP contribution in [0.1, 0.15) is 49.7 Å². The average molecular weight is 712 g/mol. The molecule has 51 heavy (non-hydrogen) atoms. The van der Waals surface area contributed by atoms with Crippen LogP contribution >= 0.6 is 11.6 Å². The van der Waals surface area contributed by atoms with Gasteiger partial charge in [0.05, 0.1) is 41.0 Å². The number of halogens is 2. The van der Waals surface area contributed by atoms with Gasteiger partial charge in [0.2, 0.25) is 23.6 Å². The van der Waals surface area contributed by atoms with Gasteiger partial charge in [0, 0.05) is 43.2 Å². The number of ether oxygens (including phenoxy) is 1. The fraction of sp³-hybridized carbons (Fsp3) is 0.400. The first-order chi connectivity index (χ1) is 24.5. The van der Waals surface area contributed by atoms with Crippen molar-refractivity contribution in [3.05, 3.63) is 100 Å². The highest BCUT2D eigenvalue weighted by Gasteiger charge is 2.68. The number of nitrogens with zero attached hydrogens (tertiary/aromatic N) is 3. The van der Waals surface area contributed by atoms with Crippen molar-refractivity contribution in [2.24, 2.45) is 29.1 Å². The molecular weight excluding hydrogens is 673 g/mol. The van der Waals surface area contributed by atoms with Crippen LogP contribution in [-0.2, 0) is 25.7 Å². The Bertz CT molecular complexity index is 1980. The SMILES string of the molecule is COc1cc(O)ccc1[C@H]1C2=CC[C@@H]3C(=O)N(C4CCN(Cc5ccccc5)CC4)C(=O)[C@@H]3[C@@H]2C[C@H]2C(=O)N(c3ccc(F)c(Cl)c3)C(=O)[C@@]12C. The third kappa shape index (κ3) is 5.20. The molecule has 3 saturated heterocycles. The van der Waals surface area contributed by atoms with Gasteiger partial charge in [-0.1, -0.05) is 59.6 Å². The molecule has 0 aromatic heterocycles. The number of piperidine rings is 1. The first-order valence-electron chi connectivity index (χ1n) is 17.6. The fourth-order valence-electron chi connectivity index (χ4n) is 9.73. The lowest BCUT2D eigenvalue weighted by Crippen LogP contribution is -2.49. The molecule has 2 aliphatic carbocycles. The normalized spacial score (nSPS) is 29.6. The van der Waals surface area contributed by atoms with Crippen molar-refractivity contribution in [3.8, 4) is 11.5 Å². The molecule has 0 bridgehead atoms. The van der Waals surface area contributed by atoms with E-state index in [9.17, 15) is 28.7 Å². The van der Waals surface area contributed by atoms with Crippen molar-refractivity contribution in [2.45, 2.75) is 51.1 Å². The molecule has 0 spiro atoms. The number of hydrogen-bond donors (Lipinski definition) is 1. The molecule has 1 saturated carbocycles. The smallest absolute Gasteiger partial charge is 0.241 e. The van der Waals surface area contributed by atoms with Gasteiger partial charge in [0.25, 0.3) is 0 Å². The van der Waals surface area contributed by atoms with Crippen LogP contribution in [0.15, 0.2) is 78.4 Å². The van der Waals surface area contributed by atoms with E-state index in [-0.39, 0.29) is 40.7 Å². The minimum Gasteiger partial charge on any atom is -0.508 e. The van der Waals surface area contributed by atoms with E-state index in [4.69, 9.17) is 16.3 Å². The second-order valence-corrected chi connectivity index (χ2v) is 15.1. The Morgan fingerprint density at radius 3 is 2.39 bits per heavy atom. The predicted octanol–water partition coefficient (Wildman–Crippen LogP) is 6.09. The Labute approximate surface area is 300 Å². The van der Waals surface area contributed by atoms with Crippen LogP contribution in [0, 0.1) is 34.9 Å². The number of imide groups is 2. The maximum atomic E-state index is 14.7. The maximum Gasteiger partial charge on any atom is 0.241 e. The molecule has 6 atom stereocenters. The zero-order valence-corrected chi connectivity index (χ0v) is 29.2. The Morgan fingerprint density at radius 1 is 0.941 bits per heavy atom. The molecule has 0 unspecified atom stereocenters. The van der Waals surface area contributed by atoms with Gasteiger partial charge in [0.1, 0.15) is 17.3 Å². The van der Waals surface area contributed by atoms with Crippen LogP contribution < -0.4 is 9.64 Å². The molecule has 1 N–H and O–H groups in total. The van der Waals surface area contributed by atoms with Gasteiger partial charge in [0.15, 0.2) is 0 Å². The molecular formula is C40H39ClFN3O6. The summed E-state index contributed by atoms with van der Waals surface area (Å²) in [4.78, 5) is 62.7. The van der Waals surface area contributed by atoms with Crippen molar-refractivity contribution < 1.29 is 33.4 Å². The van der Waals surface area contributed by atoms with Crippen LogP contribution in [0.4, 0.5) is 10.1 Å². The van der Waals surface area contributed by atoms with E-state index in [2.05, 4.69) is 17.0 Å². The third-order valence-electron chi connectivity index (χ3n) is 12.2. The monoisotopic (exact) mass is 711 g/mol. The van der Waals surface area contributed by atoms with Gasteiger partial charge in [-0.05, 0) is 68.4 Å². The first kappa shape index (κ1) is 33.6. The Kier molecular flexibility index (Phi) is 8.30. The highest BCUT2D eigenvalue weighted by Crippen LogP contribution is 2.64. The van der Waals surface area contributed by atoms with Crippen LogP contribution in [0.25, 0.3) is 0 Å². The minimum atomic E-state index is -1.33. The highest BCUT2D eigenvalue weighted by molar-refractivity contribution is 6.31. The summed E-state index contributed by atoms with van der Waals surface area (Å²) in [6, 6.07) is 18.5. The Hall–Kier alpha value is -4.54. The Morgan fingerprint density at radius 2 is 1.69 bits per heavy atom. The Balaban J connectivity index is 1.14. The van der Waals surface area contributed by atoms with Gasteiger partial charge in [-0.3, -0.25) is 29.0 Å². The van der Waals surface area contributed by atoms with Crippen molar-refractivity contribution in [2.75, 3.05) is 25.1 Å². The number of allylic oxidation sites excluding steroid dienone is 2. The summed E-state index contributed by atoms with van der Waals surface area (Å²) < 4.78 is 19.9. The van der Waals surface area contributed by atoms with E-state index in [0.29, 0.717) is 30.6 Å². The van der Waals surface area contributed by atoms with E-state index >= 15 is 0 Å². The molecule has 264 valence electrons. The summed E-state index contributed by atoms with van der Waals surface area (Å²) in [5, 5.41) is 10.1. The van der Waals surface area contributed by atoms with E-state index in [1.807, 2.05) is 24.3 Å². The number of hydrogen-bond acceptors (Lipinski definition) is 7. The zero-order valence-electron chi connectivity index (χ0n) is 28.4. The highest BCUT2D eigenvalue weighted by atomic mass is 35.5. The number of anilines is 1. The molecule has 9 nitrogen and oxygen atoms in total. The molecule has 3 aromatic rings. The lowest BCUT2D eigenvalue weighted by atomic mass is 9.51. The van der Waals surface area contributed by atoms with Crippen LogP contribution in [0.5, 0.6) is 11.5 Å². The standard InChI is InChI=1S/C40H39ClFN3O6/c1-40-30(37(48)45(39(40)50)24-8-13-32(42)31(41)18-24)20-29-26(35(40)27-10-9-25(46)19-33(27)51-2)11-12-28-34(29)38(49)44(36(28)47)23-14-16-43(17-15-23)21-22-6-4-3-5-7-22/h3-11,13,18-19,23,28-30,34-35,46H,12,14-17,20-21H2,1-2H3/t28-,29+,30-,34-,35+,40+/m0/s1. The summed E-state index contributed by atoms with van der Waals surface area (Å²) in [7, 11) is 1.47. The predicted molar refractivity (Wildman–Crippen MR) is 187 cm³/mol. The van der Waals surface area contributed by atoms with Crippen molar-refractivity contribution in [1.29, 1.82) is 0 Å². The quantitative estimate of drug-likeness (QED) is 0.244. The summed E-state index contributed by atoms with van der Waals surface area (Å²) in [5.41, 5.74) is 1.47. The summed E-state index contributed by atoms with van der Waals surface area (Å²) >= 11 is 6.12. The van der Waals surface area contributed by atoms with Gasteiger partial charge < -0.3 is 9.84 Å². The number of aromatic hydroxyl groups is 1. The van der Waals surface area contributed by atoms with Crippen LogP contribution in [0.3, 0.4) is 0 Å². The molecule has 3 aromatic carbocycles. The number of carbonyl (C=O) groups is 4. The van der Waals surface area contributed by atoms with Gasteiger partial charge >= 0.3 is 0 Å². The lowest BCUT2D eigenvalue weighted by Gasteiger charge is -2.49. The van der Waals surface area contributed by atoms with Crippen molar-refractivity contribution in [1.82, 2.24) is 9.80 Å². The van der Waals surface area contributed by atoms with E-state index < -0.39 is 52.6 Å². The van der Waals surface area contributed by atoms with E-state index in [1.165, 1.54) is 41.8 Å². The first-order valence-corrected chi connectivity index (χ1v) is 17.9. The molecule has 4 fully saturated rings. The molecule has 5 aliphatic rings. The van der Waals surface area contributed by atoms with Crippen LogP contribution in [0.2, 0.25) is 5.02 Å². The molecule has 3 heterocycles. The van der Waals surface area contributed by atoms with Crippen molar-refractivity contribution >= 4 is 40.9 Å². The zero-order chi connectivity index (χ0) is 35.8. The summed E-state index contributed by atoms with van der Waals surface area (Å²) in [6.07, 6.45) is 3.90. The van der Waals surface area contributed by atoms with Gasteiger partial charge in [-0.15, -0.1) is 0 Å². The minimum absolute atomic E-state index is 0.0271. The number of rotatable bonds is 6. The number of likely N-dealkylation sites (tertiary alicyclic amines) is 2. The molecule has 4 amide bonds.